The second-order valence-corrected chi connectivity index (χ2v) is 18.3. The van der Waals surface area contributed by atoms with E-state index in [-0.39, 0.29) is 17.9 Å². The third-order valence-corrected chi connectivity index (χ3v) is 13.5. The van der Waals surface area contributed by atoms with Gasteiger partial charge in [0.25, 0.3) is 0 Å². The number of amides is 4. The predicted molar refractivity (Wildman–Crippen MR) is 217 cm³/mol. The molecule has 2 saturated heterocycles. The number of alkyl carbamates (subject to hydrolysis) is 2. The number of sulfone groups is 1. The van der Waals surface area contributed by atoms with Crippen LogP contribution in [0.4, 0.5) is 9.59 Å². The Morgan fingerprint density at radius 3 is 1.55 bits per heavy atom. The molecular formula is C41H52N8O8S. The molecule has 0 bridgehead atoms. The summed E-state index contributed by atoms with van der Waals surface area (Å²) >= 11 is 0. The molecule has 2 aliphatic rings. The van der Waals surface area contributed by atoms with E-state index < -0.39 is 50.8 Å². The highest BCUT2D eigenvalue weighted by Gasteiger charge is 2.48. The maximum Gasteiger partial charge on any atom is 0.407 e. The molecule has 4 heterocycles. The molecule has 310 valence electrons. The Kier molecular flexibility index (Phi) is 12.3. The number of carbonyl (C=O) groups is 4. The van der Waals surface area contributed by atoms with Crippen molar-refractivity contribution in [2.24, 2.45) is 5.92 Å². The van der Waals surface area contributed by atoms with Gasteiger partial charge >= 0.3 is 12.2 Å². The molecule has 4 aromatic rings. The van der Waals surface area contributed by atoms with Gasteiger partial charge in [-0.15, -0.1) is 0 Å². The number of hydrogen-bond donors (Lipinski definition) is 4. The van der Waals surface area contributed by atoms with Crippen LogP contribution in [-0.2, 0) is 28.9 Å². The molecule has 58 heavy (non-hydrogen) atoms. The van der Waals surface area contributed by atoms with Crippen molar-refractivity contribution in [2.75, 3.05) is 33.6 Å². The molecule has 0 spiro atoms. The van der Waals surface area contributed by atoms with Gasteiger partial charge in [-0.25, -0.2) is 28.0 Å². The molecule has 0 aliphatic carbocycles. The monoisotopic (exact) mass is 816 g/mol. The maximum absolute atomic E-state index is 13.9. The summed E-state index contributed by atoms with van der Waals surface area (Å²) in [6.07, 6.45) is 5.89. The van der Waals surface area contributed by atoms with Crippen molar-refractivity contribution in [2.45, 2.75) is 82.3 Å². The van der Waals surface area contributed by atoms with Gasteiger partial charge in [0, 0.05) is 19.3 Å². The topological polar surface area (TPSA) is 209 Å². The molecule has 17 heteroatoms. The number of rotatable bonds is 12. The second kappa shape index (κ2) is 17.0. The number of nitrogens with one attached hydrogen (secondary N) is 4. The molecule has 6 rings (SSSR count). The van der Waals surface area contributed by atoms with E-state index in [1.165, 1.54) is 21.0 Å². The van der Waals surface area contributed by atoms with Crippen LogP contribution in [0.5, 0.6) is 0 Å². The van der Waals surface area contributed by atoms with Crippen LogP contribution in [0, 0.1) is 5.92 Å². The van der Waals surface area contributed by atoms with Gasteiger partial charge in [-0.05, 0) is 67.7 Å². The summed E-state index contributed by atoms with van der Waals surface area (Å²) in [7, 11) is -1.33. The van der Waals surface area contributed by atoms with Crippen LogP contribution in [0.3, 0.4) is 0 Å². The van der Waals surface area contributed by atoms with Crippen molar-refractivity contribution in [1.82, 2.24) is 40.4 Å². The Morgan fingerprint density at radius 2 is 1.14 bits per heavy atom. The number of H-pyrrole nitrogens is 2. The highest BCUT2D eigenvalue weighted by Crippen LogP contribution is 2.36. The van der Waals surface area contributed by atoms with E-state index in [1.54, 1.807) is 22.2 Å². The lowest BCUT2D eigenvalue weighted by Gasteiger charge is -2.36. The molecule has 0 unspecified atom stereocenters. The molecule has 2 aromatic heterocycles. The average Bonchev–Trinajstić information content (AvgIpc) is 4.05. The summed E-state index contributed by atoms with van der Waals surface area (Å²) in [5.41, 5.74) is 5.44. The van der Waals surface area contributed by atoms with E-state index in [2.05, 4.69) is 30.6 Å². The summed E-state index contributed by atoms with van der Waals surface area (Å²) in [6, 6.07) is 13.4. The zero-order valence-corrected chi connectivity index (χ0v) is 34.7. The number of aromatic amines is 2. The van der Waals surface area contributed by atoms with Crippen LogP contribution in [0.2, 0.25) is 0 Å². The van der Waals surface area contributed by atoms with E-state index in [9.17, 15) is 27.6 Å². The van der Waals surface area contributed by atoms with Crippen LogP contribution in [-0.4, -0.2) is 113 Å². The first-order valence-corrected chi connectivity index (χ1v) is 21.2. The van der Waals surface area contributed by atoms with Crippen molar-refractivity contribution in [3.05, 3.63) is 72.6 Å². The van der Waals surface area contributed by atoms with Crippen molar-refractivity contribution in [3.63, 3.8) is 0 Å². The fraction of sp³-hybridized carbons (Fsp3) is 0.463. The second-order valence-electron chi connectivity index (χ2n) is 15.7. The van der Waals surface area contributed by atoms with Gasteiger partial charge in [-0.1, -0.05) is 62.4 Å². The van der Waals surface area contributed by atoms with Crippen molar-refractivity contribution < 1.29 is 37.1 Å². The lowest BCUT2D eigenvalue weighted by Crippen LogP contribution is -2.61. The Hall–Kier alpha value is -5.71. The number of imidazole rings is 2. The van der Waals surface area contributed by atoms with Crippen molar-refractivity contribution >= 4 is 33.8 Å². The SMILES string of the molecule is COC(=O)N[C@H](C(=O)N1CCC[C@H]1c1ncc(-c2ccc(-c3ccc(-c4cnc([C@@H]5CCCN5C(=O)[C@@H](NC(=O)OC)C(C)(C)S(C)(=O)=O)[nH]4)cc3)cc2)[nH]1)C(C)C. The highest BCUT2D eigenvalue weighted by atomic mass is 32.2. The van der Waals surface area contributed by atoms with Crippen LogP contribution >= 0.6 is 0 Å². The quantitative estimate of drug-likeness (QED) is 0.143. The standard InChI is InChI=1S/C41H52N8O8S/c1-24(2)33(46-39(52)56-5)37(50)48-20-8-10-31(48)35-42-22-29(44-35)27-16-12-25(13-17-27)26-14-18-28(19-15-26)30-23-43-36(45-30)32-11-9-21-49(32)38(51)34(47-40(53)57-6)41(3,4)58(7,54)55/h12-19,22-24,31-34H,8-11,20-21H2,1-7H3,(H,42,44)(H,43,45)(H,46,52)(H,47,53)/t31-,32-,33-,34+/m0/s1. The largest absolute Gasteiger partial charge is 0.453 e. The number of likely N-dealkylation sites (tertiary alicyclic amines) is 2. The lowest BCUT2D eigenvalue weighted by molar-refractivity contribution is -0.136. The van der Waals surface area contributed by atoms with Gasteiger partial charge in [-0.2, -0.15) is 0 Å². The number of benzene rings is 2. The van der Waals surface area contributed by atoms with Gasteiger partial charge in [0.05, 0.1) is 54.8 Å². The Bertz CT molecular complexity index is 2230. The fourth-order valence-electron chi connectivity index (χ4n) is 7.59. The molecule has 2 aliphatic heterocycles. The summed E-state index contributed by atoms with van der Waals surface area (Å²) < 4.78 is 33.3. The number of nitrogens with zero attached hydrogens (tertiary/aromatic N) is 4. The van der Waals surface area contributed by atoms with E-state index in [4.69, 9.17) is 9.47 Å². The minimum absolute atomic E-state index is 0.121. The molecule has 16 nitrogen and oxygen atoms in total. The molecular weight excluding hydrogens is 765 g/mol. The zero-order valence-electron chi connectivity index (χ0n) is 33.9. The first-order valence-electron chi connectivity index (χ1n) is 19.3. The molecule has 4 atom stereocenters. The number of aromatic nitrogens is 4. The molecule has 0 radical (unpaired) electrons. The first kappa shape index (κ1) is 41.9. The minimum Gasteiger partial charge on any atom is -0.453 e. The van der Waals surface area contributed by atoms with Crippen LogP contribution in [0.25, 0.3) is 33.6 Å². The Balaban J connectivity index is 1.13. The van der Waals surface area contributed by atoms with Gasteiger partial charge < -0.3 is 39.9 Å². The predicted octanol–water partition coefficient (Wildman–Crippen LogP) is 5.39. The highest BCUT2D eigenvalue weighted by molar-refractivity contribution is 7.92. The van der Waals surface area contributed by atoms with Crippen LogP contribution in [0.1, 0.15) is 77.1 Å². The number of ether oxygens (including phenoxy) is 2. The van der Waals surface area contributed by atoms with E-state index >= 15 is 0 Å². The molecule has 2 fully saturated rings. The van der Waals surface area contributed by atoms with Gasteiger partial charge in [-0.3, -0.25) is 9.59 Å². The Morgan fingerprint density at radius 1 is 0.724 bits per heavy atom. The van der Waals surface area contributed by atoms with Crippen molar-refractivity contribution in [3.8, 4) is 33.6 Å². The first-order chi connectivity index (χ1) is 27.5. The molecule has 4 amide bonds. The van der Waals surface area contributed by atoms with Gasteiger partial charge in [0.1, 0.15) is 23.7 Å². The third kappa shape index (κ3) is 8.59. The van der Waals surface area contributed by atoms with Gasteiger partial charge in [0.2, 0.25) is 11.8 Å². The smallest absolute Gasteiger partial charge is 0.407 e. The minimum atomic E-state index is -3.76. The van der Waals surface area contributed by atoms with E-state index in [0.717, 1.165) is 59.8 Å². The molecule has 4 N–H and O–H groups in total. The number of methoxy groups -OCH3 is 2. The molecule has 2 aromatic carbocycles. The van der Waals surface area contributed by atoms with E-state index in [1.807, 2.05) is 62.4 Å². The summed E-state index contributed by atoms with van der Waals surface area (Å²) in [5, 5.41) is 5.14. The number of carbonyl (C=O) groups excluding carboxylic acids is 4. The van der Waals surface area contributed by atoms with Crippen molar-refractivity contribution in [1.29, 1.82) is 0 Å². The summed E-state index contributed by atoms with van der Waals surface area (Å²) in [4.78, 5) is 71.0. The van der Waals surface area contributed by atoms with E-state index in [0.29, 0.717) is 37.6 Å². The fourth-order valence-corrected chi connectivity index (χ4v) is 8.17. The van der Waals surface area contributed by atoms with Crippen LogP contribution in [0.15, 0.2) is 60.9 Å². The lowest BCUT2D eigenvalue weighted by atomic mass is 10.0. The summed E-state index contributed by atoms with van der Waals surface area (Å²) in [6.45, 7) is 7.56. The summed E-state index contributed by atoms with van der Waals surface area (Å²) in [5.74, 6) is 0.464. The Labute approximate surface area is 338 Å². The third-order valence-electron chi connectivity index (χ3n) is 11.4. The molecule has 0 saturated carbocycles. The normalized spacial score (nSPS) is 18.2. The number of hydrogen-bond acceptors (Lipinski definition) is 10. The average molecular weight is 817 g/mol. The zero-order chi connectivity index (χ0) is 41.9. The van der Waals surface area contributed by atoms with Gasteiger partial charge in [0.15, 0.2) is 9.84 Å². The van der Waals surface area contributed by atoms with Crippen LogP contribution < -0.4 is 10.6 Å². The maximum atomic E-state index is 13.9.